The van der Waals surface area contributed by atoms with E-state index in [2.05, 4.69) is 0 Å². The molecule has 70 valence electrons. The van der Waals surface area contributed by atoms with Crippen LogP contribution in [0.2, 0.25) is 0 Å². The lowest BCUT2D eigenvalue weighted by molar-refractivity contribution is -0.138. The van der Waals surface area contributed by atoms with E-state index in [0.29, 0.717) is 19.7 Å². The highest BCUT2D eigenvalue weighted by molar-refractivity contribution is 5.76. The highest BCUT2D eigenvalue weighted by atomic mass is 16.5. The van der Waals surface area contributed by atoms with Gasteiger partial charge in [0, 0.05) is 19.5 Å². The minimum Gasteiger partial charge on any atom is -0.396 e. The van der Waals surface area contributed by atoms with Crippen LogP contribution in [-0.4, -0.2) is 48.3 Å². The van der Waals surface area contributed by atoms with E-state index >= 15 is 0 Å². The molecule has 1 N–H and O–H groups in total. The van der Waals surface area contributed by atoms with Gasteiger partial charge in [-0.3, -0.25) is 4.79 Å². The van der Waals surface area contributed by atoms with Gasteiger partial charge in [-0.05, 0) is 6.92 Å². The van der Waals surface area contributed by atoms with Crippen LogP contribution in [0.5, 0.6) is 0 Å². The lowest BCUT2D eigenvalue weighted by Crippen LogP contribution is -2.44. The molecule has 0 radical (unpaired) electrons. The van der Waals surface area contributed by atoms with Crippen LogP contribution in [0.3, 0.4) is 0 Å². The maximum Gasteiger partial charge on any atom is 0.225 e. The summed E-state index contributed by atoms with van der Waals surface area (Å²) in [5.41, 5.74) is 0. The average molecular weight is 173 g/mol. The fourth-order valence-electron chi connectivity index (χ4n) is 1.30. The third kappa shape index (κ3) is 2.46. The Morgan fingerprint density at radius 2 is 2.50 bits per heavy atom. The molecule has 0 aromatic carbocycles. The molecule has 0 unspecified atom stereocenters. The SMILES string of the molecule is C[C@@H]1CN(C(=O)CCO)CCO1. The molecule has 1 amide bonds. The van der Waals surface area contributed by atoms with E-state index in [-0.39, 0.29) is 25.0 Å². The fourth-order valence-corrected chi connectivity index (χ4v) is 1.30. The second-order valence-electron chi connectivity index (χ2n) is 2.99. The Bertz CT molecular complexity index is 160. The summed E-state index contributed by atoms with van der Waals surface area (Å²) in [6, 6.07) is 0. The zero-order valence-corrected chi connectivity index (χ0v) is 7.32. The fraction of sp³-hybridized carbons (Fsp3) is 0.875. The normalized spacial score (nSPS) is 24.2. The van der Waals surface area contributed by atoms with Gasteiger partial charge in [-0.25, -0.2) is 0 Å². The second kappa shape index (κ2) is 4.42. The molecule has 4 nitrogen and oxygen atoms in total. The Morgan fingerprint density at radius 3 is 3.08 bits per heavy atom. The van der Waals surface area contributed by atoms with Gasteiger partial charge in [-0.15, -0.1) is 0 Å². The first-order valence-electron chi connectivity index (χ1n) is 4.24. The number of ether oxygens (including phenoxy) is 1. The van der Waals surface area contributed by atoms with E-state index < -0.39 is 0 Å². The maximum absolute atomic E-state index is 11.3. The minimum absolute atomic E-state index is 0.0210. The van der Waals surface area contributed by atoms with Crippen molar-refractivity contribution in [1.82, 2.24) is 4.90 Å². The van der Waals surface area contributed by atoms with Crippen molar-refractivity contribution in [3.63, 3.8) is 0 Å². The lowest BCUT2D eigenvalue weighted by atomic mass is 10.3. The zero-order valence-electron chi connectivity index (χ0n) is 7.32. The summed E-state index contributed by atoms with van der Waals surface area (Å²) in [5.74, 6) is 0.0210. The highest BCUT2D eigenvalue weighted by Crippen LogP contribution is 2.05. The van der Waals surface area contributed by atoms with Gasteiger partial charge in [0.05, 0.1) is 19.3 Å². The Hall–Kier alpha value is -0.610. The summed E-state index contributed by atoms with van der Waals surface area (Å²) in [4.78, 5) is 13.0. The van der Waals surface area contributed by atoms with Crippen molar-refractivity contribution in [2.24, 2.45) is 0 Å². The molecule has 1 heterocycles. The predicted molar refractivity (Wildman–Crippen MR) is 43.7 cm³/mol. The third-order valence-corrected chi connectivity index (χ3v) is 1.92. The van der Waals surface area contributed by atoms with E-state index in [1.807, 2.05) is 6.92 Å². The van der Waals surface area contributed by atoms with Gasteiger partial charge in [0.2, 0.25) is 5.91 Å². The van der Waals surface area contributed by atoms with Gasteiger partial charge in [0.25, 0.3) is 0 Å². The standard InChI is InChI=1S/C8H15NO3/c1-7-6-9(3-5-12-7)8(11)2-4-10/h7,10H,2-6H2,1H3/t7-/m1/s1. The minimum atomic E-state index is -0.0649. The summed E-state index contributed by atoms with van der Waals surface area (Å²) in [6.07, 6.45) is 0.355. The molecule has 1 saturated heterocycles. The van der Waals surface area contributed by atoms with E-state index in [9.17, 15) is 4.79 Å². The molecule has 0 spiro atoms. The molecule has 12 heavy (non-hydrogen) atoms. The summed E-state index contributed by atoms with van der Waals surface area (Å²) in [7, 11) is 0. The summed E-state index contributed by atoms with van der Waals surface area (Å²) in [5, 5.41) is 8.55. The monoisotopic (exact) mass is 173 g/mol. The van der Waals surface area contributed by atoms with Gasteiger partial charge in [-0.1, -0.05) is 0 Å². The molecule has 0 bridgehead atoms. The number of carbonyl (C=O) groups is 1. The van der Waals surface area contributed by atoms with Crippen LogP contribution < -0.4 is 0 Å². The smallest absolute Gasteiger partial charge is 0.225 e. The van der Waals surface area contributed by atoms with Crippen molar-refractivity contribution >= 4 is 5.91 Å². The number of morpholine rings is 1. The number of hydrogen-bond donors (Lipinski definition) is 1. The molecular weight excluding hydrogens is 158 g/mol. The van der Waals surface area contributed by atoms with E-state index in [4.69, 9.17) is 9.84 Å². The molecule has 1 atom stereocenters. The van der Waals surface area contributed by atoms with Crippen molar-refractivity contribution in [3.05, 3.63) is 0 Å². The van der Waals surface area contributed by atoms with E-state index in [0.717, 1.165) is 0 Å². The average Bonchev–Trinajstić information content (AvgIpc) is 2.05. The lowest BCUT2D eigenvalue weighted by Gasteiger charge is -2.31. The quantitative estimate of drug-likeness (QED) is 0.619. The Balaban J connectivity index is 2.35. The number of rotatable bonds is 2. The second-order valence-corrected chi connectivity index (χ2v) is 2.99. The number of aliphatic hydroxyl groups is 1. The number of amides is 1. The zero-order chi connectivity index (χ0) is 8.97. The summed E-state index contributed by atoms with van der Waals surface area (Å²) < 4.78 is 5.28. The first-order valence-corrected chi connectivity index (χ1v) is 4.24. The van der Waals surface area contributed by atoms with Gasteiger partial charge < -0.3 is 14.7 Å². The third-order valence-electron chi connectivity index (χ3n) is 1.92. The van der Waals surface area contributed by atoms with Crippen molar-refractivity contribution < 1.29 is 14.6 Å². The maximum atomic E-state index is 11.3. The van der Waals surface area contributed by atoms with Crippen molar-refractivity contribution in [2.45, 2.75) is 19.4 Å². The molecule has 1 rings (SSSR count). The van der Waals surface area contributed by atoms with Crippen molar-refractivity contribution in [2.75, 3.05) is 26.3 Å². The van der Waals surface area contributed by atoms with Crippen molar-refractivity contribution in [1.29, 1.82) is 0 Å². The van der Waals surface area contributed by atoms with Crippen molar-refractivity contribution in [3.8, 4) is 0 Å². The molecule has 0 aliphatic carbocycles. The van der Waals surface area contributed by atoms with Crippen LogP contribution in [0.1, 0.15) is 13.3 Å². The van der Waals surface area contributed by atoms with E-state index in [1.165, 1.54) is 0 Å². The van der Waals surface area contributed by atoms with Gasteiger partial charge in [0.1, 0.15) is 0 Å². The topological polar surface area (TPSA) is 49.8 Å². The number of hydrogen-bond acceptors (Lipinski definition) is 3. The molecule has 1 aliphatic heterocycles. The molecular formula is C8H15NO3. The molecule has 0 aromatic rings. The highest BCUT2D eigenvalue weighted by Gasteiger charge is 2.20. The van der Waals surface area contributed by atoms with E-state index in [1.54, 1.807) is 4.90 Å². The van der Waals surface area contributed by atoms with Crippen LogP contribution in [0, 0.1) is 0 Å². The molecule has 0 saturated carbocycles. The predicted octanol–water partition coefficient (Wildman–Crippen LogP) is -0.384. The molecule has 0 aromatic heterocycles. The largest absolute Gasteiger partial charge is 0.396 e. The van der Waals surface area contributed by atoms with Crippen LogP contribution in [0.4, 0.5) is 0 Å². The number of carbonyl (C=O) groups excluding carboxylic acids is 1. The van der Waals surface area contributed by atoms with Gasteiger partial charge in [0.15, 0.2) is 0 Å². The molecule has 1 fully saturated rings. The van der Waals surface area contributed by atoms with Crippen LogP contribution in [0.25, 0.3) is 0 Å². The van der Waals surface area contributed by atoms with Gasteiger partial charge in [-0.2, -0.15) is 0 Å². The summed E-state index contributed by atoms with van der Waals surface area (Å²) >= 11 is 0. The Labute approximate surface area is 72.1 Å². The molecule has 4 heteroatoms. The number of nitrogens with zero attached hydrogens (tertiary/aromatic N) is 1. The van der Waals surface area contributed by atoms with Crippen LogP contribution in [0.15, 0.2) is 0 Å². The first kappa shape index (κ1) is 9.48. The van der Waals surface area contributed by atoms with Crippen LogP contribution >= 0.6 is 0 Å². The first-order chi connectivity index (χ1) is 5.74. The Kier molecular flexibility index (Phi) is 3.49. The van der Waals surface area contributed by atoms with Gasteiger partial charge >= 0.3 is 0 Å². The summed E-state index contributed by atoms with van der Waals surface area (Å²) in [6.45, 7) is 3.79. The number of aliphatic hydroxyl groups excluding tert-OH is 1. The molecule has 1 aliphatic rings. The van der Waals surface area contributed by atoms with Crippen LogP contribution in [-0.2, 0) is 9.53 Å². The Morgan fingerprint density at radius 1 is 1.75 bits per heavy atom.